The minimum Gasteiger partial charge on any atom is -0.481 e. The zero-order chi connectivity index (χ0) is 12.1. The zero-order valence-electron chi connectivity index (χ0n) is 8.37. The standard InChI is InChI=1S/C10H11FN2O3/c11-6-1-2-8(12)7(5-6)10(16)13-4-3-9(14)15/h1-2,5H,3-4,12H2,(H,13,16)(H,14,15). The van der Waals surface area contributed by atoms with Gasteiger partial charge in [-0.1, -0.05) is 0 Å². The van der Waals surface area contributed by atoms with Crippen molar-refractivity contribution < 1.29 is 19.1 Å². The molecule has 0 saturated carbocycles. The van der Waals surface area contributed by atoms with E-state index >= 15 is 0 Å². The summed E-state index contributed by atoms with van der Waals surface area (Å²) >= 11 is 0. The number of nitrogens with two attached hydrogens (primary N) is 1. The summed E-state index contributed by atoms with van der Waals surface area (Å²) < 4.78 is 12.8. The van der Waals surface area contributed by atoms with Crippen molar-refractivity contribution in [3.8, 4) is 0 Å². The minimum atomic E-state index is -1.02. The van der Waals surface area contributed by atoms with E-state index in [0.29, 0.717) is 0 Å². The summed E-state index contributed by atoms with van der Waals surface area (Å²) in [5, 5.41) is 10.7. The molecule has 0 aromatic heterocycles. The highest BCUT2D eigenvalue weighted by Crippen LogP contribution is 2.12. The number of halogens is 1. The Morgan fingerprint density at radius 3 is 2.75 bits per heavy atom. The first-order valence-corrected chi connectivity index (χ1v) is 4.55. The molecule has 1 aromatic rings. The first-order valence-electron chi connectivity index (χ1n) is 4.55. The summed E-state index contributed by atoms with van der Waals surface area (Å²) in [5.41, 5.74) is 5.63. The van der Waals surface area contributed by atoms with Crippen LogP contribution in [0.3, 0.4) is 0 Å². The maximum Gasteiger partial charge on any atom is 0.305 e. The fourth-order valence-corrected chi connectivity index (χ4v) is 1.10. The molecule has 0 fully saturated rings. The number of carbonyl (C=O) groups excluding carboxylic acids is 1. The number of hydrogen-bond donors (Lipinski definition) is 3. The topological polar surface area (TPSA) is 92.4 Å². The van der Waals surface area contributed by atoms with Crippen molar-refractivity contribution >= 4 is 17.6 Å². The van der Waals surface area contributed by atoms with E-state index in [1.165, 1.54) is 6.07 Å². The van der Waals surface area contributed by atoms with Crippen LogP contribution in [0, 0.1) is 5.82 Å². The molecular formula is C10H11FN2O3. The van der Waals surface area contributed by atoms with Crippen LogP contribution in [0.15, 0.2) is 18.2 Å². The van der Waals surface area contributed by atoms with Crippen molar-refractivity contribution in [2.45, 2.75) is 6.42 Å². The summed E-state index contributed by atoms with van der Waals surface area (Å²) in [6.45, 7) is -0.0237. The van der Waals surface area contributed by atoms with E-state index in [9.17, 15) is 14.0 Å². The molecule has 16 heavy (non-hydrogen) atoms. The predicted molar refractivity (Wildman–Crippen MR) is 55.4 cm³/mol. The van der Waals surface area contributed by atoms with Gasteiger partial charge in [-0.3, -0.25) is 9.59 Å². The fourth-order valence-electron chi connectivity index (χ4n) is 1.10. The minimum absolute atomic E-state index is 0.00499. The van der Waals surface area contributed by atoms with Gasteiger partial charge in [0.1, 0.15) is 5.82 Å². The van der Waals surface area contributed by atoms with Crippen molar-refractivity contribution in [2.24, 2.45) is 0 Å². The van der Waals surface area contributed by atoms with E-state index in [1.54, 1.807) is 0 Å². The van der Waals surface area contributed by atoms with Crippen LogP contribution in [0.2, 0.25) is 0 Å². The van der Waals surface area contributed by atoms with Gasteiger partial charge in [0.15, 0.2) is 0 Å². The average Bonchev–Trinajstić information content (AvgIpc) is 2.21. The van der Waals surface area contributed by atoms with Crippen LogP contribution in [-0.4, -0.2) is 23.5 Å². The van der Waals surface area contributed by atoms with E-state index < -0.39 is 17.7 Å². The molecule has 0 unspecified atom stereocenters. The summed E-state index contributed by atoms with van der Waals surface area (Å²) in [6, 6.07) is 3.43. The number of carboxylic acids is 1. The number of hydrogen-bond acceptors (Lipinski definition) is 3. The quantitative estimate of drug-likeness (QED) is 0.656. The van der Waals surface area contributed by atoms with Crippen molar-refractivity contribution in [3.63, 3.8) is 0 Å². The third kappa shape index (κ3) is 3.23. The first kappa shape index (κ1) is 12.0. The van der Waals surface area contributed by atoms with Gasteiger partial charge in [-0.25, -0.2) is 4.39 Å². The molecule has 1 rings (SSSR count). The molecule has 0 bridgehead atoms. The van der Waals surface area contributed by atoms with Crippen LogP contribution in [0.4, 0.5) is 10.1 Å². The smallest absolute Gasteiger partial charge is 0.305 e. The number of carboxylic acid groups (broad SMARTS) is 1. The van der Waals surface area contributed by atoms with Crippen molar-refractivity contribution in [3.05, 3.63) is 29.6 Å². The number of carbonyl (C=O) groups is 2. The highest BCUT2D eigenvalue weighted by atomic mass is 19.1. The van der Waals surface area contributed by atoms with Gasteiger partial charge in [-0.05, 0) is 18.2 Å². The normalized spacial score (nSPS) is 9.81. The van der Waals surface area contributed by atoms with E-state index in [2.05, 4.69) is 5.32 Å². The fraction of sp³-hybridized carbons (Fsp3) is 0.200. The van der Waals surface area contributed by atoms with Crippen molar-refractivity contribution in [2.75, 3.05) is 12.3 Å². The lowest BCUT2D eigenvalue weighted by atomic mass is 10.1. The number of rotatable bonds is 4. The highest BCUT2D eigenvalue weighted by molar-refractivity contribution is 5.99. The summed E-state index contributed by atoms with van der Waals surface area (Å²) in [7, 11) is 0. The molecule has 0 aliphatic rings. The number of nitrogens with one attached hydrogen (secondary N) is 1. The lowest BCUT2D eigenvalue weighted by Crippen LogP contribution is -2.26. The van der Waals surface area contributed by atoms with Crippen molar-refractivity contribution in [1.82, 2.24) is 5.32 Å². The van der Waals surface area contributed by atoms with E-state index in [-0.39, 0.29) is 24.2 Å². The van der Waals surface area contributed by atoms with Gasteiger partial charge in [0.25, 0.3) is 5.91 Å². The van der Waals surface area contributed by atoms with Crippen LogP contribution >= 0.6 is 0 Å². The second kappa shape index (κ2) is 5.11. The van der Waals surface area contributed by atoms with Gasteiger partial charge >= 0.3 is 5.97 Å². The summed E-state index contributed by atoms with van der Waals surface area (Å²) in [5.74, 6) is -2.18. The molecule has 86 valence electrons. The number of amides is 1. The van der Waals surface area contributed by atoms with Crippen LogP contribution < -0.4 is 11.1 Å². The summed E-state index contributed by atoms with van der Waals surface area (Å²) in [6.07, 6.45) is -0.193. The third-order valence-corrected chi connectivity index (χ3v) is 1.88. The van der Waals surface area contributed by atoms with E-state index in [0.717, 1.165) is 12.1 Å². The van der Waals surface area contributed by atoms with Gasteiger partial charge in [-0.2, -0.15) is 0 Å². The maximum atomic E-state index is 12.8. The number of aliphatic carboxylic acids is 1. The van der Waals surface area contributed by atoms with Crippen molar-refractivity contribution in [1.29, 1.82) is 0 Å². The van der Waals surface area contributed by atoms with Gasteiger partial charge in [-0.15, -0.1) is 0 Å². The van der Waals surface area contributed by atoms with E-state index in [4.69, 9.17) is 10.8 Å². The Kier molecular flexibility index (Phi) is 3.82. The monoisotopic (exact) mass is 226 g/mol. The largest absolute Gasteiger partial charge is 0.481 e. The molecule has 0 aliphatic heterocycles. The lowest BCUT2D eigenvalue weighted by Gasteiger charge is -2.06. The number of anilines is 1. The predicted octanol–water partition coefficient (Wildman–Crippen LogP) is 0.612. The maximum absolute atomic E-state index is 12.8. The Bertz CT molecular complexity index is 421. The van der Waals surface area contributed by atoms with Crippen LogP contribution in [0.1, 0.15) is 16.8 Å². The molecule has 1 amide bonds. The Labute approximate surface area is 91.1 Å². The molecule has 5 nitrogen and oxygen atoms in total. The number of benzene rings is 1. The van der Waals surface area contributed by atoms with Crippen LogP contribution in [0.25, 0.3) is 0 Å². The highest BCUT2D eigenvalue weighted by Gasteiger charge is 2.10. The van der Waals surface area contributed by atoms with Gasteiger partial charge in [0, 0.05) is 12.2 Å². The molecule has 4 N–H and O–H groups in total. The molecule has 0 saturated heterocycles. The Balaban J connectivity index is 2.65. The molecule has 6 heteroatoms. The Morgan fingerprint density at radius 1 is 1.44 bits per heavy atom. The Morgan fingerprint density at radius 2 is 2.12 bits per heavy atom. The summed E-state index contributed by atoms with van der Waals surface area (Å²) in [4.78, 5) is 21.7. The first-order chi connectivity index (χ1) is 7.50. The van der Waals surface area contributed by atoms with Gasteiger partial charge in [0.2, 0.25) is 0 Å². The average molecular weight is 226 g/mol. The lowest BCUT2D eigenvalue weighted by molar-refractivity contribution is -0.136. The SMILES string of the molecule is Nc1ccc(F)cc1C(=O)NCCC(=O)O. The molecule has 0 aliphatic carbocycles. The van der Waals surface area contributed by atoms with Gasteiger partial charge < -0.3 is 16.2 Å². The molecular weight excluding hydrogens is 215 g/mol. The molecule has 0 spiro atoms. The third-order valence-electron chi connectivity index (χ3n) is 1.88. The zero-order valence-corrected chi connectivity index (χ0v) is 8.37. The molecule has 0 heterocycles. The van der Waals surface area contributed by atoms with Crippen LogP contribution in [-0.2, 0) is 4.79 Å². The second-order valence-corrected chi connectivity index (χ2v) is 3.13. The van der Waals surface area contributed by atoms with E-state index in [1.807, 2.05) is 0 Å². The Hall–Kier alpha value is -2.11. The van der Waals surface area contributed by atoms with Gasteiger partial charge in [0.05, 0.1) is 12.0 Å². The second-order valence-electron chi connectivity index (χ2n) is 3.13. The van der Waals surface area contributed by atoms with Crippen LogP contribution in [0.5, 0.6) is 0 Å². The molecule has 0 radical (unpaired) electrons. The number of nitrogen functional groups attached to an aromatic ring is 1. The molecule has 0 atom stereocenters. The molecule has 1 aromatic carbocycles.